The van der Waals surface area contributed by atoms with E-state index in [9.17, 15) is 14.4 Å². The maximum atomic E-state index is 13.2. The van der Waals surface area contributed by atoms with Crippen LogP contribution in [-0.4, -0.2) is 42.3 Å². The standard InChI is InChI=1S/C26H33NO4/c1-6-7-20-12-18(4)23(19(5)13-20)24-21(28)14-26(15-22(24)29)8-10-27(11-9-26)25(30)31-16-17(2)3/h12-13,17,24H,8-11,14-16H2,1-5H3. The molecule has 3 rings (SSSR count). The van der Waals surface area contributed by atoms with E-state index in [4.69, 9.17) is 4.74 Å². The van der Waals surface area contributed by atoms with Gasteiger partial charge in [0.25, 0.3) is 0 Å². The molecule has 0 bridgehead atoms. The fourth-order valence-electron chi connectivity index (χ4n) is 5.00. The van der Waals surface area contributed by atoms with Crippen LogP contribution in [0.15, 0.2) is 12.1 Å². The predicted octanol–water partition coefficient (Wildman–Crippen LogP) is 4.57. The summed E-state index contributed by atoms with van der Waals surface area (Å²) in [5.41, 5.74) is 3.33. The topological polar surface area (TPSA) is 63.7 Å². The third-order valence-electron chi connectivity index (χ3n) is 6.52. The Bertz CT molecular complexity index is 899. The monoisotopic (exact) mass is 423 g/mol. The van der Waals surface area contributed by atoms with Gasteiger partial charge in [-0.2, -0.15) is 0 Å². The summed E-state index contributed by atoms with van der Waals surface area (Å²) in [5, 5.41) is 0. The number of ether oxygens (including phenoxy) is 1. The lowest BCUT2D eigenvalue weighted by atomic mass is 9.62. The second-order valence-corrected chi connectivity index (χ2v) is 9.58. The molecule has 5 nitrogen and oxygen atoms in total. The fraction of sp³-hybridized carbons (Fsp3) is 0.577. The summed E-state index contributed by atoms with van der Waals surface area (Å²) in [5.74, 6) is 5.58. The van der Waals surface area contributed by atoms with Gasteiger partial charge < -0.3 is 9.64 Å². The van der Waals surface area contributed by atoms with Crippen molar-refractivity contribution in [3.05, 3.63) is 34.4 Å². The van der Waals surface area contributed by atoms with E-state index in [1.807, 2.05) is 39.8 Å². The van der Waals surface area contributed by atoms with Gasteiger partial charge in [0, 0.05) is 31.5 Å². The summed E-state index contributed by atoms with van der Waals surface area (Å²) in [6, 6.07) is 3.93. The van der Waals surface area contributed by atoms with Crippen LogP contribution >= 0.6 is 0 Å². The minimum absolute atomic E-state index is 0.00705. The molecule has 0 N–H and O–H groups in total. The van der Waals surface area contributed by atoms with E-state index in [1.165, 1.54) is 0 Å². The van der Waals surface area contributed by atoms with Gasteiger partial charge in [0.05, 0.1) is 6.61 Å². The number of aryl methyl sites for hydroxylation is 2. The van der Waals surface area contributed by atoms with Crippen molar-refractivity contribution in [3.8, 4) is 11.8 Å². The number of piperidine rings is 1. The van der Waals surface area contributed by atoms with Crippen LogP contribution in [0.25, 0.3) is 0 Å². The van der Waals surface area contributed by atoms with Gasteiger partial charge in [0.2, 0.25) is 0 Å². The number of Topliss-reactive ketones (excluding diaryl/α,β-unsaturated/α-hetero) is 2. The number of likely N-dealkylation sites (tertiary alicyclic amines) is 1. The number of hydrogen-bond donors (Lipinski definition) is 0. The lowest BCUT2D eigenvalue weighted by molar-refractivity contribution is -0.138. The van der Waals surface area contributed by atoms with Crippen LogP contribution in [-0.2, 0) is 14.3 Å². The van der Waals surface area contributed by atoms with Crippen molar-refractivity contribution in [2.75, 3.05) is 19.7 Å². The largest absolute Gasteiger partial charge is 0.449 e. The van der Waals surface area contributed by atoms with E-state index >= 15 is 0 Å². The molecule has 0 unspecified atom stereocenters. The third-order valence-corrected chi connectivity index (χ3v) is 6.52. The van der Waals surface area contributed by atoms with Crippen LogP contribution in [0.2, 0.25) is 0 Å². The summed E-state index contributed by atoms with van der Waals surface area (Å²) in [6.45, 7) is 11.2. The summed E-state index contributed by atoms with van der Waals surface area (Å²) in [7, 11) is 0. The molecule has 0 atom stereocenters. The Kier molecular flexibility index (Phi) is 6.89. The highest BCUT2D eigenvalue weighted by molar-refractivity contribution is 6.10. The van der Waals surface area contributed by atoms with Gasteiger partial charge in [0.1, 0.15) is 17.5 Å². The number of carbonyl (C=O) groups excluding carboxylic acids is 3. The molecule has 31 heavy (non-hydrogen) atoms. The van der Waals surface area contributed by atoms with Crippen molar-refractivity contribution in [1.82, 2.24) is 4.90 Å². The molecule has 2 aliphatic rings. The molecule has 1 heterocycles. The summed E-state index contributed by atoms with van der Waals surface area (Å²) in [4.78, 5) is 40.4. The number of carbonyl (C=O) groups is 3. The van der Waals surface area contributed by atoms with Crippen molar-refractivity contribution in [2.24, 2.45) is 11.3 Å². The van der Waals surface area contributed by atoms with E-state index in [0.717, 1.165) is 22.3 Å². The second kappa shape index (κ2) is 9.26. The minimum Gasteiger partial charge on any atom is -0.449 e. The lowest BCUT2D eigenvalue weighted by Crippen LogP contribution is -2.48. The average Bonchev–Trinajstić information content (AvgIpc) is 2.68. The van der Waals surface area contributed by atoms with Gasteiger partial charge in [-0.1, -0.05) is 19.8 Å². The van der Waals surface area contributed by atoms with Crippen molar-refractivity contribution in [2.45, 2.75) is 66.2 Å². The fourth-order valence-corrected chi connectivity index (χ4v) is 5.00. The van der Waals surface area contributed by atoms with E-state index in [0.29, 0.717) is 51.3 Å². The van der Waals surface area contributed by atoms with E-state index in [-0.39, 0.29) is 23.1 Å². The first-order chi connectivity index (χ1) is 14.7. The zero-order valence-electron chi connectivity index (χ0n) is 19.3. The van der Waals surface area contributed by atoms with Crippen molar-refractivity contribution >= 4 is 17.7 Å². The smallest absolute Gasteiger partial charge is 0.409 e. The van der Waals surface area contributed by atoms with Gasteiger partial charge >= 0.3 is 6.09 Å². The zero-order valence-corrected chi connectivity index (χ0v) is 19.3. The molecule has 1 aromatic carbocycles. The first kappa shape index (κ1) is 23.1. The van der Waals surface area contributed by atoms with Gasteiger partial charge in [0.15, 0.2) is 0 Å². The molecule has 1 aromatic rings. The molecule has 1 saturated carbocycles. The molecule has 2 fully saturated rings. The van der Waals surface area contributed by atoms with Crippen molar-refractivity contribution in [3.63, 3.8) is 0 Å². The maximum Gasteiger partial charge on any atom is 0.409 e. The van der Waals surface area contributed by atoms with Crippen molar-refractivity contribution < 1.29 is 19.1 Å². The first-order valence-electron chi connectivity index (χ1n) is 11.2. The van der Waals surface area contributed by atoms with Crippen LogP contribution in [0.3, 0.4) is 0 Å². The number of ketones is 2. The molecular weight excluding hydrogens is 390 g/mol. The number of amides is 1. The van der Waals surface area contributed by atoms with Crippen LogP contribution in [0, 0.1) is 37.0 Å². The minimum atomic E-state index is -0.678. The molecule has 0 radical (unpaired) electrons. The van der Waals surface area contributed by atoms with E-state index < -0.39 is 5.92 Å². The summed E-state index contributed by atoms with van der Waals surface area (Å²) < 4.78 is 5.33. The number of benzene rings is 1. The van der Waals surface area contributed by atoms with Crippen LogP contribution < -0.4 is 0 Å². The second-order valence-electron chi connectivity index (χ2n) is 9.58. The molecule has 1 spiro atoms. The van der Waals surface area contributed by atoms with E-state index in [1.54, 1.807) is 11.8 Å². The quantitative estimate of drug-likeness (QED) is 0.528. The molecule has 1 aliphatic heterocycles. The SMILES string of the molecule is CC#Cc1cc(C)c(C2C(=O)CC3(CCN(C(=O)OCC(C)C)CC3)CC2=O)c(C)c1. The first-order valence-corrected chi connectivity index (χ1v) is 11.2. The normalized spacial score (nSPS) is 18.8. The summed E-state index contributed by atoms with van der Waals surface area (Å²) in [6.07, 6.45) is 1.83. The highest BCUT2D eigenvalue weighted by Crippen LogP contribution is 2.46. The Balaban J connectivity index is 1.71. The molecule has 0 aromatic heterocycles. The van der Waals surface area contributed by atoms with Crippen LogP contribution in [0.1, 0.15) is 74.6 Å². The van der Waals surface area contributed by atoms with Crippen LogP contribution in [0.5, 0.6) is 0 Å². The number of rotatable bonds is 3. The summed E-state index contributed by atoms with van der Waals surface area (Å²) >= 11 is 0. The molecule has 1 aliphatic carbocycles. The Hall–Kier alpha value is -2.61. The molecule has 1 amide bonds. The molecule has 166 valence electrons. The third kappa shape index (κ3) is 5.01. The van der Waals surface area contributed by atoms with Gasteiger partial charge in [-0.25, -0.2) is 4.79 Å². The van der Waals surface area contributed by atoms with Gasteiger partial charge in [-0.15, -0.1) is 5.92 Å². The highest BCUT2D eigenvalue weighted by atomic mass is 16.6. The zero-order chi connectivity index (χ0) is 22.8. The Morgan fingerprint density at radius 2 is 1.68 bits per heavy atom. The average molecular weight is 424 g/mol. The van der Waals surface area contributed by atoms with Gasteiger partial charge in [-0.3, -0.25) is 9.59 Å². The van der Waals surface area contributed by atoms with Gasteiger partial charge in [-0.05, 0) is 73.8 Å². The maximum absolute atomic E-state index is 13.2. The van der Waals surface area contributed by atoms with Crippen LogP contribution in [0.4, 0.5) is 4.79 Å². The van der Waals surface area contributed by atoms with E-state index in [2.05, 4.69) is 11.8 Å². The predicted molar refractivity (Wildman–Crippen MR) is 120 cm³/mol. The highest BCUT2D eigenvalue weighted by Gasteiger charge is 2.48. The Labute approximate surface area is 185 Å². The number of nitrogens with zero attached hydrogens (tertiary/aromatic N) is 1. The number of hydrogen-bond acceptors (Lipinski definition) is 4. The molecule has 5 heteroatoms. The Morgan fingerprint density at radius 1 is 1.13 bits per heavy atom. The Morgan fingerprint density at radius 3 is 2.16 bits per heavy atom. The lowest BCUT2D eigenvalue weighted by Gasteiger charge is -2.44. The molecular formula is C26H33NO4. The molecule has 1 saturated heterocycles. The van der Waals surface area contributed by atoms with Crippen molar-refractivity contribution in [1.29, 1.82) is 0 Å².